The van der Waals surface area contributed by atoms with E-state index >= 15 is 0 Å². The zero-order valence-corrected chi connectivity index (χ0v) is 10.2. The molecular formula is C12H16N4O2. The predicted octanol–water partition coefficient (Wildman–Crippen LogP) is 0.572. The Kier molecular flexibility index (Phi) is 4.38. The molecule has 18 heavy (non-hydrogen) atoms. The number of methoxy groups -OCH3 is 1. The van der Waals surface area contributed by atoms with E-state index in [1.165, 1.54) is 0 Å². The summed E-state index contributed by atoms with van der Waals surface area (Å²) in [6, 6.07) is 5.72. The maximum absolute atomic E-state index is 5.54. The maximum Gasteiger partial charge on any atom is 0.229 e. The fourth-order valence-corrected chi connectivity index (χ4v) is 1.57. The highest BCUT2D eigenvalue weighted by atomic mass is 16.5. The van der Waals surface area contributed by atoms with Crippen LogP contribution in [0.25, 0.3) is 0 Å². The molecule has 0 fully saturated rings. The van der Waals surface area contributed by atoms with Gasteiger partial charge in [0.15, 0.2) is 5.82 Å². The van der Waals surface area contributed by atoms with E-state index < -0.39 is 0 Å². The van der Waals surface area contributed by atoms with Gasteiger partial charge < -0.3 is 15.0 Å². The fraction of sp³-hybridized carbons (Fsp3) is 0.417. The van der Waals surface area contributed by atoms with Gasteiger partial charge >= 0.3 is 0 Å². The van der Waals surface area contributed by atoms with Gasteiger partial charge in [-0.15, -0.1) is 0 Å². The van der Waals surface area contributed by atoms with Crippen LogP contribution in [0.3, 0.4) is 0 Å². The van der Waals surface area contributed by atoms with Crippen molar-refractivity contribution in [2.45, 2.75) is 18.9 Å². The van der Waals surface area contributed by atoms with Crippen LogP contribution in [-0.4, -0.2) is 34.9 Å². The molecule has 2 rings (SSSR count). The molecular weight excluding hydrogens is 232 g/mol. The third-order valence-corrected chi connectivity index (χ3v) is 2.57. The second kappa shape index (κ2) is 6.23. The Labute approximate surface area is 105 Å². The molecule has 0 saturated carbocycles. The van der Waals surface area contributed by atoms with Gasteiger partial charge in [0.05, 0.1) is 18.9 Å². The first-order valence-electron chi connectivity index (χ1n) is 5.76. The number of rotatable bonds is 6. The lowest BCUT2D eigenvalue weighted by atomic mass is 10.2. The van der Waals surface area contributed by atoms with Crippen LogP contribution in [0.15, 0.2) is 28.9 Å². The van der Waals surface area contributed by atoms with Gasteiger partial charge in [-0.1, -0.05) is 11.2 Å². The average Bonchev–Trinajstić information content (AvgIpc) is 2.84. The SMILES string of the molecule is COC(CN)Cc1nc(Cc2ccccn2)no1. The van der Waals surface area contributed by atoms with Crippen LogP contribution in [0, 0.1) is 0 Å². The highest BCUT2D eigenvalue weighted by Gasteiger charge is 2.13. The van der Waals surface area contributed by atoms with Gasteiger partial charge in [0.25, 0.3) is 0 Å². The summed E-state index contributed by atoms with van der Waals surface area (Å²) < 4.78 is 10.3. The van der Waals surface area contributed by atoms with Crippen molar-refractivity contribution in [3.63, 3.8) is 0 Å². The summed E-state index contributed by atoms with van der Waals surface area (Å²) in [5, 5.41) is 3.91. The molecule has 6 heteroatoms. The van der Waals surface area contributed by atoms with Crippen LogP contribution in [0.5, 0.6) is 0 Å². The molecule has 0 aliphatic carbocycles. The zero-order chi connectivity index (χ0) is 12.8. The second-order valence-corrected chi connectivity index (χ2v) is 3.90. The van der Waals surface area contributed by atoms with Crippen LogP contribution in [-0.2, 0) is 17.6 Å². The summed E-state index contributed by atoms with van der Waals surface area (Å²) in [5.41, 5.74) is 6.45. The van der Waals surface area contributed by atoms with Crippen LogP contribution in [0.2, 0.25) is 0 Å². The first-order chi connectivity index (χ1) is 8.81. The third kappa shape index (κ3) is 3.35. The first-order valence-corrected chi connectivity index (χ1v) is 5.76. The largest absolute Gasteiger partial charge is 0.380 e. The van der Waals surface area contributed by atoms with E-state index in [2.05, 4.69) is 15.1 Å². The lowest BCUT2D eigenvalue weighted by Crippen LogP contribution is -2.24. The van der Waals surface area contributed by atoms with Crippen molar-refractivity contribution in [1.82, 2.24) is 15.1 Å². The Hall–Kier alpha value is -1.79. The molecule has 0 aromatic carbocycles. The van der Waals surface area contributed by atoms with Gasteiger partial charge in [0, 0.05) is 25.5 Å². The molecule has 1 unspecified atom stereocenters. The van der Waals surface area contributed by atoms with Crippen molar-refractivity contribution in [1.29, 1.82) is 0 Å². The summed E-state index contributed by atoms with van der Waals surface area (Å²) in [6.07, 6.45) is 2.74. The lowest BCUT2D eigenvalue weighted by Gasteiger charge is -2.08. The molecule has 0 aliphatic rings. The number of hydrogen-bond acceptors (Lipinski definition) is 6. The molecule has 1 atom stereocenters. The van der Waals surface area contributed by atoms with Crippen LogP contribution in [0.1, 0.15) is 17.4 Å². The smallest absolute Gasteiger partial charge is 0.229 e. The molecule has 0 saturated heterocycles. The van der Waals surface area contributed by atoms with E-state index in [0.717, 1.165) is 5.69 Å². The Morgan fingerprint density at radius 1 is 1.44 bits per heavy atom. The Balaban J connectivity index is 1.98. The van der Waals surface area contributed by atoms with Gasteiger partial charge in [-0.05, 0) is 12.1 Å². The second-order valence-electron chi connectivity index (χ2n) is 3.90. The van der Waals surface area contributed by atoms with Crippen molar-refractivity contribution >= 4 is 0 Å². The van der Waals surface area contributed by atoms with Crippen LogP contribution in [0.4, 0.5) is 0 Å². The first kappa shape index (κ1) is 12.7. The number of aromatic nitrogens is 3. The molecule has 0 bridgehead atoms. The van der Waals surface area contributed by atoms with Crippen molar-refractivity contribution < 1.29 is 9.26 Å². The minimum atomic E-state index is -0.0897. The van der Waals surface area contributed by atoms with E-state index in [1.807, 2.05) is 18.2 Å². The van der Waals surface area contributed by atoms with E-state index in [1.54, 1.807) is 13.3 Å². The van der Waals surface area contributed by atoms with Crippen molar-refractivity contribution in [3.8, 4) is 0 Å². The van der Waals surface area contributed by atoms with E-state index in [0.29, 0.717) is 31.1 Å². The van der Waals surface area contributed by atoms with Crippen molar-refractivity contribution in [3.05, 3.63) is 41.8 Å². The molecule has 0 amide bonds. The molecule has 0 aliphatic heterocycles. The number of pyridine rings is 1. The number of nitrogens with zero attached hydrogens (tertiary/aromatic N) is 3. The average molecular weight is 248 g/mol. The summed E-state index contributed by atoms with van der Waals surface area (Å²) >= 11 is 0. The predicted molar refractivity (Wildman–Crippen MR) is 64.9 cm³/mol. The van der Waals surface area contributed by atoms with E-state index in [-0.39, 0.29) is 6.10 Å². The molecule has 0 spiro atoms. The van der Waals surface area contributed by atoms with Crippen molar-refractivity contribution in [2.75, 3.05) is 13.7 Å². The Morgan fingerprint density at radius 3 is 3.00 bits per heavy atom. The molecule has 2 heterocycles. The summed E-state index contributed by atoms with van der Waals surface area (Å²) in [6.45, 7) is 0.425. The third-order valence-electron chi connectivity index (χ3n) is 2.57. The van der Waals surface area contributed by atoms with Gasteiger partial charge in [-0.25, -0.2) is 0 Å². The van der Waals surface area contributed by atoms with Crippen LogP contribution >= 0.6 is 0 Å². The highest BCUT2D eigenvalue weighted by molar-refractivity contribution is 5.09. The van der Waals surface area contributed by atoms with Gasteiger partial charge in [-0.2, -0.15) is 4.98 Å². The topological polar surface area (TPSA) is 87.1 Å². The number of nitrogens with two attached hydrogens (primary N) is 1. The monoisotopic (exact) mass is 248 g/mol. The lowest BCUT2D eigenvalue weighted by molar-refractivity contribution is 0.102. The summed E-state index contributed by atoms with van der Waals surface area (Å²) in [5.74, 6) is 1.16. The van der Waals surface area contributed by atoms with Gasteiger partial charge in [-0.3, -0.25) is 4.98 Å². The molecule has 2 aromatic rings. The quantitative estimate of drug-likeness (QED) is 0.804. The minimum absolute atomic E-state index is 0.0897. The minimum Gasteiger partial charge on any atom is -0.380 e. The Morgan fingerprint density at radius 2 is 2.33 bits per heavy atom. The van der Waals surface area contributed by atoms with Crippen molar-refractivity contribution in [2.24, 2.45) is 5.73 Å². The number of hydrogen-bond donors (Lipinski definition) is 1. The standard InChI is InChI=1S/C12H16N4O2/c1-17-10(8-13)7-12-15-11(16-18-12)6-9-4-2-3-5-14-9/h2-5,10H,6-8,13H2,1H3. The van der Waals surface area contributed by atoms with Crippen LogP contribution < -0.4 is 5.73 Å². The van der Waals surface area contributed by atoms with E-state index in [9.17, 15) is 0 Å². The highest BCUT2D eigenvalue weighted by Crippen LogP contribution is 2.06. The molecule has 6 nitrogen and oxygen atoms in total. The molecule has 2 N–H and O–H groups in total. The van der Waals surface area contributed by atoms with Gasteiger partial charge in [0.2, 0.25) is 5.89 Å². The Bertz CT molecular complexity index is 468. The molecule has 96 valence electrons. The molecule has 0 radical (unpaired) electrons. The molecule has 2 aromatic heterocycles. The maximum atomic E-state index is 5.54. The normalized spacial score (nSPS) is 12.6. The summed E-state index contributed by atoms with van der Waals surface area (Å²) in [4.78, 5) is 8.50. The zero-order valence-electron chi connectivity index (χ0n) is 10.2. The van der Waals surface area contributed by atoms with E-state index in [4.69, 9.17) is 15.0 Å². The number of ether oxygens (including phenoxy) is 1. The van der Waals surface area contributed by atoms with Gasteiger partial charge in [0.1, 0.15) is 0 Å². The summed E-state index contributed by atoms with van der Waals surface area (Å²) in [7, 11) is 1.61. The fourth-order valence-electron chi connectivity index (χ4n) is 1.57.